The van der Waals surface area contributed by atoms with Gasteiger partial charge >= 0.3 is 0 Å². The van der Waals surface area contributed by atoms with Gasteiger partial charge in [-0.3, -0.25) is 4.79 Å². The summed E-state index contributed by atoms with van der Waals surface area (Å²) in [5.41, 5.74) is 0. The molecule has 90 valence electrons. The Morgan fingerprint density at radius 3 is 3.06 bits per heavy atom. The summed E-state index contributed by atoms with van der Waals surface area (Å²) in [5.74, 6) is 0.532. The molecule has 5 heteroatoms. The largest absolute Gasteiger partial charge is 0.355 e. The summed E-state index contributed by atoms with van der Waals surface area (Å²) < 4.78 is 2.03. The number of rotatable bonds is 7. The minimum Gasteiger partial charge on any atom is -0.355 e. The topological polar surface area (TPSA) is 46.9 Å². The quantitative estimate of drug-likeness (QED) is 0.586. The number of aryl methyl sites for hydroxylation is 1. The number of thioether (sulfide) groups is 1. The van der Waals surface area contributed by atoms with E-state index in [1.54, 1.807) is 6.20 Å². The van der Waals surface area contributed by atoms with E-state index in [1.807, 2.05) is 10.8 Å². The molecule has 0 radical (unpaired) electrons. The molecule has 0 unspecified atom stereocenters. The fraction of sp³-hybridized carbons (Fsp3) is 0.636. The molecule has 16 heavy (non-hydrogen) atoms. The van der Waals surface area contributed by atoms with Crippen LogP contribution in [0, 0.1) is 0 Å². The van der Waals surface area contributed by atoms with Gasteiger partial charge in [0.25, 0.3) is 0 Å². The highest BCUT2D eigenvalue weighted by Crippen LogP contribution is 2.14. The fourth-order valence-corrected chi connectivity index (χ4v) is 2.12. The highest BCUT2D eigenvalue weighted by Gasteiger charge is 2.05. The lowest BCUT2D eigenvalue weighted by molar-refractivity contribution is -0.118. The second kappa shape index (κ2) is 7.33. The molecule has 0 aromatic carbocycles. The Bertz CT molecular complexity index is 325. The molecule has 0 bridgehead atoms. The third-order valence-electron chi connectivity index (χ3n) is 2.20. The van der Waals surface area contributed by atoms with Gasteiger partial charge in [0.1, 0.15) is 0 Å². The zero-order chi connectivity index (χ0) is 11.8. The molecule has 0 saturated carbocycles. The molecule has 1 amide bonds. The van der Waals surface area contributed by atoms with Gasteiger partial charge in [-0.15, -0.1) is 0 Å². The van der Waals surface area contributed by atoms with Gasteiger partial charge in [-0.25, -0.2) is 4.98 Å². The van der Waals surface area contributed by atoms with Crippen molar-refractivity contribution in [3.8, 4) is 0 Å². The van der Waals surface area contributed by atoms with Gasteiger partial charge in [-0.2, -0.15) is 0 Å². The summed E-state index contributed by atoms with van der Waals surface area (Å²) in [5, 5.41) is 3.80. The van der Waals surface area contributed by atoms with Crippen molar-refractivity contribution in [3.05, 3.63) is 12.4 Å². The van der Waals surface area contributed by atoms with Crippen molar-refractivity contribution in [1.82, 2.24) is 14.9 Å². The third-order valence-corrected chi connectivity index (χ3v) is 3.21. The smallest absolute Gasteiger partial charge is 0.230 e. The van der Waals surface area contributed by atoms with Crippen LogP contribution in [-0.4, -0.2) is 27.8 Å². The van der Waals surface area contributed by atoms with E-state index in [4.69, 9.17) is 0 Å². The molecule has 0 aliphatic rings. The summed E-state index contributed by atoms with van der Waals surface area (Å²) in [6.07, 6.45) is 5.84. The lowest BCUT2D eigenvalue weighted by atomic mass is 10.3. The van der Waals surface area contributed by atoms with Crippen LogP contribution in [0.5, 0.6) is 0 Å². The van der Waals surface area contributed by atoms with Crippen molar-refractivity contribution in [1.29, 1.82) is 0 Å². The average Bonchev–Trinajstić information content (AvgIpc) is 2.74. The Labute approximate surface area is 101 Å². The van der Waals surface area contributed by atoms with E-state index >= 15 is 0 Å². The van der Waals surface area contributed by atoms with E-state index in [0.29, 0.717) is 5.75 Å². The van der Waals surface area contributed by atoms with Gasteiger partial charge in [-0.1, -0.05) is 25.1 Å². The van der Waals surface area contributed by atoms with Crippen LogP contribution in [0.25, 0.3) is 0 Å². The number of unbranched alkanes of at least 4 members (excludes halogenated alkanes) is 1. The molecule has 0 saturated heterocycles. The second-order valence-corrected chi connectivity index (χ2v) is 4.43. The van der Waals surface area contributed by atoms with E-state index in [2.05, 4.69) is 24.1 Å². The van der Waals surface area contributed by atoms with Crippen LogP contribution >= 0.6 is 11.8 Å². The number of amides is 1. The number of nitrogens with one attached hydrogen (secondary N) is 1. The maximum absolute atomic E-state index is 11.4. The molecule has 1 rings (SSSR count). The molecular weight excluding hydrogens is 222 g/mol. The summed E-state index contributed by atoms with van der Waals surface area (Å²) in [4.78, 5) is 15.6. The Kier molecular flexibility index (Phi) is 6.00. The first-order valence-electron chi connectivity index (χ1n) is 5.68. The summed E-state index contributed by atoms with van der Waals surface area (Å²) >= 11 is 1.48. The number of hydrogen-bond donors (Lipinski definition) is 1. The summed E-state index contributed by atoms with van der Waals surface area (Å²) in [7, 11) is 0. The molecule has 1 aromatic rings. The number of aromatic nitrogens is 2. The maximum Gasteiger partial charge on any atom is 0.230 e. The minimum absolute atomic E-state index is 0.0871. The first-order chi connectivity index (χ1) is 7.77. The van der Waals surface area contributed by atoms with E-state index in [0.717, 1.165) is 31.1 Å². The molecule has 0 atom stereocenters. The molecule has 1 heterocycles. The van der Waals surface area contributed by atoms with Gasteiger partial charge in [0, 0.05) is 25.5 Å². The number of carbonyl (C=O) groups is 1. The average molecular weight is 241 g/mol. The molecule has 0 fully saturated rings. The second-order valence-electron chi connectivity index (χ2n) is 3.49. The van der Waals surface area contributed by atoms with Gasteiger partial charge in [-0.05, 0) is 13.3 Å². The Morgan fingerprint density at radius 2 is 2.38 bits per heavy atom. The van der Waals surface area contributed by atoms with Gasteiger partial charge in [0.05, 0.1) is 5.75 Å². The Hall–Kier alpha value is -0.970. The van der Waals surface area contributed by atoms with Gasteiger partial charge in [0.2, 0.25) is 5.91 Å². The summed E-state index contributed by atoms with van der Waals surface area (Å²) in [6, 6.07) is 0. The predicted molar refractivity (Wildman–Crippen MR) is 66.5 cm³/mol. The third kappa shape index (κ3) is 4.26. The number of nitrogens with zero attached hydrogens (tertiary/aromatic N) is 2. The van der Waals surface area contributed by atoms with E-state index in [-0.39, 0.29) is 5.91 Å². The van der Waals surface area contributed by atoms with E-state index in [9.17, 15) is 4.79 Å². The van der Waals surface area contributed by atoms with Crippen molar-refractivity contribution in [2.24, 2.45) is 0 Å². The van der Waals surface area contributed by atoms with Crippen molar-refractivity contribution in [3.63, 3.8) is 0 Å². The van der Waals surface area contributed by atoms with Crippen LogP contribution in [0.4, 0.5) is 0 Å². The monoisotopic (exact) mass is 241 g/mol. The van der Waals surface area contributed by atoms with E-state index in [1.165, 1.54) is 11.8 Å². The zero-order valence-electron chi connectivity index (χ0n) is 9.90. The highest BCUT2D eigenvalue weighted by atomic mass is 32.2. The molecular formula is C11H19N3OS. The molecule has 1 N–H and O–H groups in total. The Balaban J connectivity index is 2.26. The first-order valence-corrected chi connectivity index (χ1v) is 6.67. The Morgan fingerprint density at radius 1 is 1.56 bits per heavy atom. The molecule has 4 nitrogen and oxygen atoms in total. The van der Waals surface area contributed by atoms with Crippen LogP contribution in [0.2, 0.25) is 0 Å². The zero-order valence-corrected chi connectivity index (χ0v) is 10.7. The SMILES string of the molecule is CCCCNC(=O)CSc1nccn1CC. The molecule has 1 aromatic heterocycles. The van der Waals surface area contributed by atoms with Crippen molar-refractivity contribution in [2.75, 3.05) is 12.3 Å². The van der Waals surface area contributed by atoms with Crippen LogP contribution in [0.15, 0.2) is 17.6 Å². The summed E-state index contributed by atoms with van der Waals surface area (Å²) in [6.45, 7) is 5.84. The normalized spacial score (nSPS) is 10.4. The molecule has 0 aliphatic heterocycles. The molecule has 0 aliphatic carbocycles. The van der Waals surface area contributed by atoms with Gasteiger partial charge < -0.3 is 9.88 Å². The standard InChI is InChI=1S/C11H19N3OS/c1-3-5-6-12-10(15)9-16-11-13-7-8-14(11)4-2/h7-8H,3-6,9H2,1-2H3,(H,12,15). The predicted octanol–water partition coefficient (Wildman–Crippen LogP) is 1.91. The lowest BCUT2D eigenvalue weighted by Crippen LogP contribution is -2.26. The lowest BCUT2D eigenvalue weighted by Gasteiger charge is -2.05. The van der Waals surface area contributed by atoms with Crippen LogP contribution in [0.3, 0.4) is 0 Å². The van der Waals surface area contributed by atoms with Crippen LogP contribution < -0.4 is 5.32 Å². The molecule has 0 spiro atoms. The van der Waals surface area contributed by atoms with Crippen molar-refractivity contribution in [2.45, 2.75) is 38.4 Å². The number of imidazole rings is 1. The van der Waals surface area contributed by atoms with Crippen LogP contribution in [-0.2, 0) is 11.3 Å². The maximum atomic E-state index is 11.4. The minimum atomic E-state index is 0.0871. The first kappa shape index (κ1) is 13.1. The van der Waals surface area contributed by atoms with Crippen LogP contribution in [0.1, 0.15) is 26.7 Å². The fourth-order valence-electron chi connectivity index (χ4n) is 1.26. The highest BCUT2D eigenvalue weighted by molar-refractivity contribution is 7.99. The van der Waals surface area contributed by atoms with E-state index < -0.39 is 0 Å². The number of carbonyl (C=O) groups excluding carboxylic acids is 1. The van der Waals surface area contributed by atoms with Gasteiger partial charge in [0.15, 0.2) is 5.16 Å². The number of hydrogen-bond acceptors (Lipinski definition) is 3. The van der Waals surface area contributed by atoms with Crippen molar-refractivity contribution < 1.29 is 4.79 Å². The van der Waals surface area contributed by atoms with Crippen molar-refractivity contribution >= 4 is 17.7 Å².